The van der Waals surface area contributed by atoms with Crippen molar-refractivity contribution in [3.8, 4) is 0 Å². The Bertz CT molecular complexity index is 297. The van der Waals surface area contributed by atoms with Crippen LogP contribution in [0.4, 0.5) is 0 Å². The van der Waals surface area contributed by atoms with Gasteiger partial charge in [-0.15, -0.1) is 0 Å². The van der Waals surface area contributed by atoms with Gasteiger partial charge in [0.05, 0.1) is 17.6 Å². The second-order valence-corrected chi connectivity index (χ2v) is 7.12. The number of nitrogens with one attached hydrogen (secondary N) is 1. The highest BCUT2D eigenvalue weighted by Gasteiger charge is 2.23. The van der Waals surface area contributed by atoms with Crippen LogP contribution >= 0.6 is 0 Å². The lowest BCUT2D eigenvalue weighted by atomic mass is 10.2. The number of rotatable bonds is 8. The van der Waals surface area contributed by atoms with Gasteiger partial charge in [-0.25, -0.2) is 8.42 Å². The molecule has 1 fully saturated rings. The van der Waals surface area contributed by atoms with Crippen LogP contribution in [0.2, 0.25) is 0 Å². The van der Waals surface area contributed by atoms with Crippen LogP contribution in [0.5, 0.6) is 0 Å². The molecule has 5 heteroatoms. The molecule has 2 unspecified atom stereocenters. The average molecular weight is 263 g/mol. The lowest BCUT2D eigenvalue weighted by Gasteiger charge is -2.14. The molecule has 0 spiro atoms. The van der Waals surface area contributed by atoms with Crippen LogP contribution in [0.1, 0.15) is 39.5 Å². The van der Waals surface area contributed by atoms with E-state index in [-0.39, 0.29) is 23.7 Å². The van der Waals surface area contributed by atoms with Gasteiger partial charge < -0.3 is 10.1 Å². The van der Waals surface area contributed by atoms with Gasteiger partial charge in [0.1, 0.15) is 0 Å². The SMILES string of the molecule is CCCNC(C)CCS(=O)(=O)CC1CCCO1. The minimum absolute atomic E-state index is 0.0566. The normalized spacial score (nSPS) is 22.8. The third-order valence-electron chi connectivity index (χ3n) is 3.07. The van der Waals surface area contributed by atoms with Crippen LogP contribution in [-0.4, -0.2) is 45.2 Å². The summed E-state index contributed by atoms with van der Waals surface area (Å²) in [5, 5.41) is 3.30. The Kier molecular flexibility index (Phi) is 6.44. The lowest BCUT2D eigenvalue weighted by Crippen LogP contribution is -2.30. The summed E-state index contributed by atoms with van der Waals surface area (Å²) in [6.07, 6.45) is 3.60. The van der Waals surface area contributed by atoms with Gasteiger partial charge >= 0.3 is 0 Å². The van der Waals surface area contributed by atoms with E-state index in [1.54, 1.807) is 0 Å². The van der Waals surface area contributed by atoms with E-state index in [1.807, 2.05) is 6.92 Å². The first-order chi connectivity index (χ1) is 8.03. The summed E-state index contributed by atoms with van der Waals surface area (Å²) < 4.78 is 29.1. The summed E-state index contributed by atoms with van der Waals surface area (Å²) in [5.74, 6) is 0.470. The molecule has 0 amide bonds. The van der Waals surface area contributed by atoms with E-state index in [0.717, 1.165) is 25.8 Å². The van der Waals surface area contributed by atoms with Gasteiger partial charge in [0.25, 0.3) is 0 Å². The van der Waals surface area contributed by atoms with E-state index in [1.165, 1.54) is 0 Å². The highest BCUT2D eigenvalue weighted by Crippen LogP contribution is 2.14. The van der Waals surface area contributed by atoms with E-state index in [2.05, 4.69) is 12.2 Å². The van der Waals surface area contributed by atoms with Gasteiger partial charge in [-0.2, -0.15) is 0 Å². The maximum Gasteiger partial charge on any atom is 0.152 e. The van der Waals surface area contributed by atoms with Crippen LogP contribution in [0, 0.1) is 0 Å². The van der Waals surface area contributed by atoms with Crippen LogP contribution in [0.15, 0.2) is 0 Å². The van der Waals surface area contributed by atoms with Crippen LogP contribution in [0.3, 0.4) is 0 Å². The topological polar surface area (TPSA) is 55.4 Å². The maximum atomic E-state index is 11.9. The molecule has 0 aliphatic carbocycles. The number of hydrogen-bond acceptors (Lipinski definition) is 4. The van der Waals surface area contributed by atoms with Crippen molar-refractivity contribution in [3.05, 3.63) is 0 Å². The summed E-state index contributed by atoms with van der Waals surface area (Å²) in [7, 11) is -2.95. The van der Waals surface area contributed by atoms with E-state index in [4.69, 9.17) is 4.74 Å². The molecule has 17 heavy (non-hydrogen) atoms. The molecule has 4 nitrogen and oxygen atoms in total. The second-order valence-electron chi connectivity index (χ2n) is 4.89. The number of sulfone groups is 1. The molecule has 0 aromatic heterocycles. The summed E-state index contributed by atoms with van der Waals surface area (Å²) in [6, 6.07) is 0.272. The van der Waals surface area contributed by atoms with Crippen molar-refractivity contribution in [2.75, 3.05) is 24.7 Å². The van der Waals surface area contributed by atoms with E-state index >= 15 is 0 Å². The minimum atomic E-state index is -2.95. The average Bonchev–Trinajstić information content (AvgIpc) is 2.75. The Morgan fingerprint density at radius 3 is 2.82 bits per heavy atom. The van der Waals surface area contributed by atoms with Gasteiger partial charge in [0.2, 0.25) is 0 Å². The molecule has 1 N–H and O–H groups in total. The van der Waals surface area contributed by atoms with Gasteiger partial charge in [-0.3, -0.25) is 0 Å². The third-order valence-corrected chi connectivity index (χ3v) is 4.81. The molecule has 1 saturated heterocycles. The smallest absolute Gasteiger partial charge is 0.152 e. The lowest BCUT2D eigenvalue weighted by molar-refractivity contribution is 0.127. The zero-order valence-corrected chi connectivity index (χ0v) is 11.8. The monoisotopic (exact) mass is 263 g/mol. The summed E-state index contributed by atoms with van der Waals surface area (Å²) >= 11 is 0. The van der Waals surface area contributed by atoms with Crippen molar-refractivity contribution in [2.24, 2.45) is 0 Å². The molecule has 0 aromatic rings. The largest absolute Gasteiger partial charge is 0.377 e. The summed E-state index contributed by atoms with van der Waals surface area (Å²) in [5.41, 5.74) is 0. The zero-order valence-electron chi connectivity index (χ0n) is 10.9. The molecule has 1 heterocycles. The predicted octanol–water partition coefficient (Wildman–Crippen LogP) is 1.36. The van der Waals surface area contributed by atoms with Gasteiger partial charge in [-0.1, -0.05) is 6.92 Å². The Hall–Kier alpha value is -0.130. The molecular weight excluding hydrogens is 238 g/mol. The fourth-order valence-corrected chi connectivity index (χ4v) is 3.70. The molecule has 1 rings (SSSR count). The Morgan fingerprint density at radius 1 is 1.47 bits per heavy atom. The van der Waals surface area contributed by atoms with E-state index in [9.17, 15) is 8.42 Å². The van der Waals surface area contributed by atoms with Crippen molar-refractivity contribution in [1.82, 2.24) is 5.32 Å². The van der Waals surface area contributed by atoms with E-state index in [0.29, 0.717) is 13.0 Å². The highest BCUT2D eigenvalue weighted by atomic mass is 32.2. The first kappa shape index (κ1) is 14.9. The maximum absolute atomic E-state index is 11.9. The molecule has 0 radical (unpaired) electrons. The van der Waals surface area contributed by atoms with Crippen LogP contribution < -0.4 is 5.32 Å². The third kappa shape index (κ3) is 6.38. The molecule has 0 bridgehead atoms. The fourth-order valence-electron chi connectivity index (χ4n) is 1.99. The molecule has 0 saturated carbocycles. The van der Waals surface area contributed by atoms with Crippen molar-refractivity contribution >= 4 is 9.84 Å². The molecule has 2 atom stereocenters. The van der Waals surface area contributed by atoms with Gasteiger partial charge in [0.15, 0.2) is 9.84 Å². The second kappa shape index (κ2) is 7.34. The molecule has 1 aliphatic heterocycles. The zero-order chi connectivity index (χ0) is 12.7. The van der Waals surface area contributed by atoms with Gasteiger partial charge in [-0.05, 0) is 39.2 Å². The quantitative estimate of drug-likeness (QED) is 0.718. The Balaban J connectivity index is 2.23. The van der Waals surface area contributed by atoms with Crippen molar-refractivity contribution in [1.29, 1.82) is 0 Å². The van der Waals surface area contributed by atoms with Crippen molar-refractivity contribution < 1.29 is 13.2 Å². The molecule has 102 valence electrons. The summed E-state index contributed by atoms with van der Waals surface area (Å²) in [6.45, 7) is 5.81. The van der Waals surface area contributed by atoms with E-state index < -0.39 is 9.84 Å². The van der Waals surface area contributed by atoms with Crippen molar-refractivity contribution in [3.63, 3.8) is 0 Å². The first-order valence-electron chi connectivity index (χ1n) is 6.59. The standard InChI is InChI=1S/C12H25NO3S/c1-3-7-13-11(2)6-9-17(14,15)10-12-5-4-8-16-12/h11-13H,3-10H2,1-2H3. The highest BCUT2D eigenvalue weighted by molar-refractivity contribution is 7.91. The van der Waals surface area contributed by atoms with Gasteiger partial charge in [0, 0.05) is 12.6 Å². The van der Waals surface area contributed by atoms with Crippen LogP contribution in [-0.2, 0) is 14.6 Å². The molecular formula is C12H25NO3S. The predicted molar refractivity (Wildman–Crippen MR) is 70.0 cm³/mol. The number of ether oxygens (including phenoxy) is 1. The number of hydrogen-bond donors (Lipinski definition) is 1. The Morgan fingerprint density at radius 2 is 2.24 bits per heavy atom. The summed E-state index contributed by atoms with van der Waals surface area (Å²) in [4.78, 5) is 0. The minimum Gasteiger partial charge on any atom is -0.377 e. The van der Waals surface area contributed by atoms with Crippen LogP contribution in [0.25, 0.3) is 0 Å². The Labute approximate surface area is 105 Å². The first-order valence-corrected chi connectivity index (χ1v) is 8.41. The molecule has 1 aliphatic rings. The molecule has 0 aromatic carbocycles. The fraction of sp³-hybridized carbons (Fsp3) is 1.00. The van der Waals surface area contributed by atoms with Crippen molar-refractivity contribution in [2.45, 2.75) is 51.7 Å².